The molecule has 0 spiro atoms. The molecule has 0 radical (unpaired) electrons. The minimum absolute atomic E-state index is 0.547. The summed E-state index contributed by atoms with van der Waals surface area (Å²) in [6, 6.07) is 0. The summed E-state index contributed by atoms with van der Waals surface area (Å²) < 4.78 is 4.90. The lowest BCUT2D eigenvalue weighted by Gasteiger charge is -2.16. The van der Waals surface area contributed by atoms with E-state index in [9.17, 15) is 5.11 Å². The average molecular weight is 175 g/mol. The number of nitrogens with one attached hydrogen (secondary N) is 1. The molecule has 0 bridgehead atoms. The van der Waals surface area contributed by atoms with E-state index in [-0.39, 0.29) is 0 Å². The molecule has 0 saturated heterocycles. The van der Waals surface area contributed by atoms with E-state index in [0.717, 1.165) is 32.5 Å². The highest BCUT2D eigenvalue weighted by Crippen LogP contribution is 2.04. The molecule has 0 rings (SSSR count). The van der Waals surface area contributed by atoms with Crippen LogP contribution in [0.15, 0.2) is 0 Å². The average Bonchev–Trinajstić information content (AvgIpc) is 1.94. The normalized spacial score (nSPS) is 12.0. The molecule has 0 unspecified atom stereocenters. The van der Waals surface area contributed by atoms with E-state index in [4.69, 9.17) is 4.74 Å². The van der Waals surface area contributed by atoms with Gasteiger partial charge in [-0.25, -0.2) is 0 Å². The van der Waals surface area contributed by atoms with Gasteiger partial charge in [0, 0.05) is 13.7 Å². The van der Waals surface area contributed by atoms with Crippen molar-refractivity contribution < 1.29 is 9.84 Å². The van der Waals surface area contributed by atoms with Crippen LogP contribution < -0.4 is 5.32 Å². The third-order valence-corrected chi connectivity index (χ3v) is 1.62. The lowest BCUT2D eigenvalue weighted by molar-refractivity contribution is 0.0711. The van der Waals surface area contributed by atoms with Gasteiger partial charge < -0.3 is 15.2 Å². The molecular formula is C9H21NO2. The summed E-state index contributed by atoms with van der Waals surface area (Å²) in [4.78, 5) is 0. The van der Waals surface area contributed by atoms with Crippen LogP contribution in [0, 0.1) is 0 Å². The van der Waals surface area contributed by atoms with E-state index in [2.05, 4.69) is 5.32 Å². The van der Waals surface area contributed by atoms with Gasteiger partial charge in [-0.2, -0.15) is 0 Å². The van der Waals surface area contributed by atoms with Crippen molar-refractivity contribution in [3.05, 3.63) is 0 Å². The molecule has 0 fully saturated rings. The SMILES string of the molecule is COCCCNCCC(C)(C)O. The molecule has 74 valence electrons. The smallest absolute Gasteiger partial charge is 0.0603 e. The molecule has 0 amide bonds. The zero-order valence-corrected chi connectivity index (χ0v) is 8.39. The predicted octanol–water partition coefficient (Wildman–Crippen LogP) is 0.774. The fraction of sp³-hybridized carbons (Fsp3) is 1.00. The minimum atomic E-state index is -0.547. The van der Waals surface area contributed by atoms with E-state index in [1.165, 1.54) is 0 Å². The Bertz CT molecular complexity index is 99.2. The van der Waals surface area contributed by atoms with Gasteiger partial charge in [0.25, 0.3) is 0 Å². The highest BCUT2D eigenvalue weighted by molar-refractivity contribution is 4.65. The van der Waals surface area contributed by atoms with Crippen LogP contribution >= 0.6 is 0 Å². The van der Waals surface area contributed by atoms with Gasteiger partial charge in [0.05, 0.1) is 5.60 Å². The number of ether oxygens (including phenoxy) is 1. The van der Waals surface area contributed by atoms with Gasteiger partial charge in [0.15, 0.2) is 0 Å². The Labute approximate surface area is 75.1 Å². The van der Waals surface area contributed by atoms with Gasteiger partial charge >= 0.3 is 0 Å². The standard InChI is InChI=1S/C9H21NO2/c1-9(2,11)5-7-10-6-4-8-12-3/h10-11H,4-8H2,1-3H3. The summed E-state index contributed by atoms with van der Waals surface area (Å²) in [5.41, 5.74) is -0.547. The van der Waals surface area contributed by atoms with Crippen molar-refractivity contribution in [1.29, 1.82) is 0 Å². The summed E-state index contributed by atoms with van der Waals surface area (Å²) in [7, 11) is 1.71. The largest absolute Gasteiger partial charge is 0.390 e. The van der Waals surface area contributed by atoms with Crippen LogP contribution in [0.25, 0.3) is 0 Å². The maximum Gasteiger partial charge on any atom is 0.0603 e. The van der Waals surface area contributed by atoms with Gasteiger partial charge in [-0.1, -0.05) is 0 Å². The monoisotopic (exact) mass is 175 g/mol. The molecule has 0 aromatic carbocycles. The maximum absolute atomic E-state index is 9.36. The van der Waals surface area contributed by atoms with Crippen molar-refractivity contribution in [2.75, 3.05) is 26.8 Å². The topological polar surface area (TPSA) is 41.5 Å². The fourth-order valence-corrected chi connectivity index (χ4v) is 0.861. The molecule has 0 aliphatic rings. The number of rotatable bonds is 7. The molecule has 3 nitrogen and oxygen atoms in total. The summed E-state index contributed by atoms with van der Waals surface area (Å²) in [5, 5.41) is 12.6. The van der Waals surface area contributed by atoms with Gasteiger partial charge in [-0.05, 0) is 39.8 Å². The second-order valence-corrected chi connectivity index (χ2v) is 3.66. The highest BCUT2D eigenvalue weighted by atomic mass is 16.5. The highest BCUT2D eigenvalue weighted by Gasteiger charge is 2.10. The first-order valence-corrected chi connectivity index (χ1v) is 4.48. The molecule has 0 aliphatic carbocycles. The summed E-state index contributed by atoms with van der Waals surface area (Å²) in [6.07, 6.45) is 1.82. The van der Waals surface area contributed by atoms with Crippen LogP contribution in [-0.2, 0) is 4.74 Å². The molecule has 12 heavy (non-hydrogen) atoms. The predicted molar refractivity (Wildman–Crippen MR) is 50.3 cm³/mol. The molecule has 2 N–H and O–H groups in total. The Morgan fingerprint density at radius 3 is 2.50 bits per heavy atom. The summed E-state index contributed by atoms with van der Waals surface area (Å²) >= 11 is 0. The van der Waals surface area contributed by atoms with Gasteiger partial charge in [0.2, 0.25) is 0 Å². The van der Waals surface area contributed by atoms with Gasteiger partial charge in [0.1, 0.15) is 0 Å². The van der Waals surface area contributed by atoms with Crippen LogP contribution in [0.5, 0.6) is 0 Å². The Morgan fingerprint density at radius 2 is 2.00 bits per heavy atom. The first-order valence-electron chi connectivity index (χ1n) is 4.48. The van der Waals surface area contributed by atoms with Crippen LogP contribution in [0.1, 0.15) is 26.7 Å². The molecule has 0 aromatic rings. The van der Waals surface area contributed by atoms with Crippen LogP contribution in [0.2, 0.25) is 0 Å². The van der Waals surface area contributed by atoms with E-state index in [0.29, 0.717) is 0 Å². The molecule has 0 saturated carbocycles. The zero-order valence-electron chi connectivity index (χ0n) is 8.39. The van der Waals surface area contributed by atoms with Crippen LogP contribution in [0.3, 0.4) is 0 Å². The lowest BCUT2D eigenvalue weighted by Crippen LogP contribution is -2.27. The van der Waals surface area contributed by atoms with E-state index >= 15 is 0 Å². The zero-order chi connectivity index (χ0) is 9.45. The van der Waals surface area contributed by atoms with Crippen molar-refractivity contribution in [3.8, 4) is 0 Å². The van der Waals surface area contributed by atoms with E-state index in [1.807, 2.05) is 13.8 Å². The third kappa shape index (κ3) is 9.88. The van der Waals surface area contributed by atoms with Crippen molar-refractivity contribution in [2.24, 2.45) is 0 Å². The number of aliphatic hydroxyl groups is 1. The Hall–Kier alpha value is -0.120. The molecule has 0 aromatic heterocycles. The number of hydrogen-bond donors (Lipinski definition) is 2. The fourth-order valence-electron chi connectivity index (χ4n) is 0.861. The van der Waals surface area contributed by atoms with Crippen molar-refractivity contribution in [1.82, 2.24) is 5.32 Å². The molecule has 0 aliphatic heterocycles. The van der Waals surface area contributed by atoms with Crippen LogP contribution in [-0.4, -0.2) is 37.5 Å². The molecular weight excluding hydrogens is 154 g/mol. The van der Waals surface area contributed by atoms with Gasteiger partial charge in [-0.3, -0.25) is 0 Å². The Balaban J connectivity index is 3.01. The Morgan fingerprint density at radius 1 is 1.33 bits per heavy atom. The quantitative estimate of drug-likeness (QED) is 0.562. The number of hydrogen-bond acceptors (Lipinski definition) is 3. The second-order valence-electron chi connectivity index (χ2n) is 3.66. The second kappa shape index (κ2) is 6.40. The summed E-state index contributed by atoms with van der Waals surface area (Å²) in [6.45, 7) is 6.28. The van der Waals surface area contributed by atoms with Crippen LogP contribution in [0.4, 0.5) is 0 Å². The van der Waals surface area contributed by atoms with Gasteiger partial charge in [-0.15, -0.1) is 0 Å². The summed E-state index contributed by atoms with van der Waals surface area (Å²) in [5.74, 6) is 0. The van der Waals surface area contributed by atoms with E-state index < -0.39 is 5.60 Å². The van der Waals surface area contributed by atoms with Crippen molar-refractivity contribution in [2.45, 2.75) is 32.3 Å². The minimum Gasteiger partial charge on any atom is -0.390 e. The Kier molecular flexibility index (Phi) is 6.34. The van der Waals surface area contributed by atoms with Crippen molar-refractivity contribution >= 4 is 0 Å². The third-order valence-electron chi connectivity index (χ3n) is 1.62. The molecule has 0 heterocycles. The molecule has 3 heteroatoms. The first-order chi connectivity index (χ1) is 5.56. The van der Waals surface area contributed by atoms with Crippen molar-refractivity contribution in [3.63, 3.8) is 0 Å². The number of methoxy groups -OCH3 is 1. The van der Waals surface area contributed by atoms with E-state index in [1.54, 1.807) is 7.11 Å². The lowest BCUT2D eigenvalue weighted by atomic mass is 10.1. The maximum atomic E-state index is 9.36. The molecule has 0 atom stereocenters. The first kappa shape index (κ1) is 11.9.